The van der Waals surface area contributed by atoms with Gasteiger partial charge in [0.05, 0.1) is 12.1 Å². The molecule has 6 nitrogen and oxygen atoms in total. The number of benzene rings is 3. The summed E-state index contributed by atoms with van der Waals surface area (Å²) in [6.45, 7) is 5.02. The summed E-state index contributed by atoms with van der Waals surface area (Å²) in [5.41, 5.74) is 2.56. The number of piperazine rings is 1. The second-order valence-corrected chi connectivity index (χ2v) is 10.0. The van der Waals surface area contributed by atoms with Crippen LogP contribution in [0.1, 0.15) is 54.7 Å². The quantitative estimate of drug-likeness (QED) is 0.358. The van der Waals surface area contributed by atoms with Crippen LogP contribution in [0.3, 0.4) is 0 Å². The van der Waals surface area contributed by atoms with Gasteiger partial charge in [0.25, 0.3) is 0 Å². The molecule has 1 aliphatic heterocycles. The molecule has 1 saturated carbocycles. The van der Waals surface area contributed by atoms with Gasteiger partial charge in [-0.3, -0.25) is 9.80 Å². The zero-order chi connectivity index (χ0) is 24.2. The van der Waals surface area contributed by atoms with E-state index < -0.39 is 0 Å². The van der Waals surface area contributed by atoms with Crippen molar-refractivity contribution >= 4 is 16.8 Å². The fourth-order valence-corrected chi connectivity index (χ4v) is 5.88. The van der Waals surface area contributed by atoms with Crippen molar-refractivity contribution in [3.8, 4) is 0 Å². The highest BCUT2D eigenvalue weighted by atomic mass is 15.6. The molecule has 6 rings (SSSR count). The highest BCUT2D eigenvalue weighted by molar-refractivity contribution is 5.86. The van der Waals surface area contributed by atoms with Gasteiger partial charge in [-0.05, 0) is 45.2 Å². The monoisotopic (exact) mass is 478 g/mol. The van der Waals surface area contributed by atoms with Gasteiger partial charge in [0, 0.05) is 32.7 Å². The SMILES string of the molecule is C(=C\c1ccccc1)/CN1CCN(C(c2cccc3ccccc23)c2nnnn2C2CCCC2)CC1. The first-order chi connectivity index (χ1) is 17.9. The van der Waals surface area contributed by atoms with E-state index in [0.717, 1.165) is 38.5 Å². The maximum Gasteiger partial charge on any atom is 0.173 e. The minimum atomic E-state index is 0.0497. The first kappa shape index (κ1) is 23.1. The molecule has 2 heterocycles. The summed E-state index contributed by atoms with van der Waals surface area (Å²) in [4.78, 5) is 5.13. The lowest BCUT2D eigenvalue weighted by molar-refractivity contribution is 0.112. The van der Waals surface area contributed by atoms with Crippen LogP contribution in [-0.2, 0) is 0 Å². The summed E-state index contributed by atoms with van der Waals surface area (Å²) in [5, 5.41) is 15.9. The van der Waals surface area contributed by atoms with Gasteiger partial charge < -0.3 is 0 Å². The standard InChI is InChI=1S/C30H34N6/c1-2-10-24(11-3-1)12-9-19-34-20-22-35(23-21-34)29(28-18-8-14-25-13-4-7-17-27(25)28)30-31-32-33-36(30)26-15-5-6-16-26/h1-4,7-14,17-18,26,29H,5-6,15-16,19-23H2/b12-9+. The lowest BCUT2D eigenvalue weighted by Gasteiger charge is -2.39. The maximum atomic E-state index is 4.66. The van der Waals surface area contributed by atoms with Crippen molar-refractivity contribution in [2.75, 3.05) is 32.7 Å². The van der Waals surface area contributed by atoms with Crippen molar-refractivity contribution in [1.29, 1.82) is 0 Å². The molecular weight excluding hydrogens is 444 g/mol. The second-order valence-electron chi connectivity index (χ2n) is 10.0. The predicted octanol–water partition coefficient (Wildman–Crippen LogP) is 5.36. The van der Waals surface area contributed by atoms with Crippen LogP contribution in [0.5, 0.6) is 0 Å². The molecule has 1 saturated heterocycles. The van der Waals surface area contributed by atoms with Crippen LogP contribution < -0.4 is 0 Å². The summed E-state index contributed by atoms with van der Waals surface area (Å²) >= 11 is 0. The summed E-state index contributed by atoms with van der Waals surface area (Å²) in [7, 11) is 0. The summed E-state index contributed by atoms with van der Waals surface area (Å²) in [5.74, 6) is 0.996. The molecule has 0 spiro atoms. The molecule has 0 radical (unpaired) electrons. The van der Waals surface area contributed by atoms with E-state index in [1.54, 1.807) is 0 Å². The van der Waals surface area contributed by atoms with E-state index in [9.17, 15) is 0 Å². The lowest BCUT2D eigenvalue weighted by atomic mass is 9.96. The van der Waals surface area contributed by atoms with Crippen LogP contribution in [0.15, 0.2) is 78.9 Å². The molecule has 1 atom stereocenters. The Hall–Kier alpha value is -3.35. The number of rotatable bonds is 7. The Balaban J connectivity index is 1.26. The van der Waals surface area contributed by atoms with Gasteiger partial charge in [-0.15, -0.1) is 5.10 Å². The van der Waals surface area contributed by atoms with Gasteiger partial charge in [0.2, 0.25) is 0 Å². The van der Waals surface area contributed by atoms with Crippen molar-refractivity contribution < 1.29 is 0 Å². The molecule has 0 amide bonds. The first-order valence-corrected chi connectivity index (χ1v) is 13.3. The zero-order valence-corrected chi connectivity index (χ0v) is 20.8. The van der Waals surface area contributed by atoms with Gasteiger partial charge >= 0.3 is 0 Å². The van der Waals surface area contributed by atoms with E-state index in [1.165, 1.54) is 47.6 Å². The van der Waals surface area contributed by atoms with Gasteiger partial charge in [0.1, 0.15) is 0 Å². The molecule has 184 valence electrons. The van der Waals surface area contributed by atoms with Gasteiger partial charge in [-0.25, -0.2) is 4.68 Å². The molecule has 4 aromatic rings. The molecule has 2 fully saturated rings. The number of nitrogens with zero attached hydrogens (tertiary/aromatic N) is 6. The molecule has 3 aromatic carbocycles. The first-order valence-electron chi connectivity index (χ1n) is 13.3. The molecule has 36 heavy (non-hydrogen) atoms. The maximum absolute atomic E-state index is 4.66. The number of hydrogen-bond acceptors (Lipinski definition) is 5. The Labute approximate surface area is 213 Å². The van der Waals surface area contributed by atoms with E-state index >= 15 is 0 Å². The lowest BCUT2D eigenvalue weighted by Crippen LogP contribution is -2.48. The van der Waals surface area contributed by atoms with E-state index in [0.29, 0.717) is 6.04 Å². The van der Waals surface area contributed by atoms with Crippen LogP contribution in [0.4, 0.5) is 0 Å². The van der Waals surface area contributed by atoms with Crippen LogP contribution in [0, 0.1) is 0 Å². The van der Waals surface area contributed by atoms with E-state index in [2.05, 4.69) is 115 Å². The molecule has 1 aromatic heterocycles. The Morgan fingerprint density at radius 2 is 1.58 bits per heavy atom. The Kier molecular flexibility index (Phi) is 6.87. The van der Waals surface area contributed by atoms with Gasteiger partial charge in [0.15, 0.2) is 5.82 Å². The molecule has 0 N–H and O–H groups in total. The van der Waals surface area contributed by atoms with Crippen molar-refractivity contribution in [2.45, 2.75) is 37.8 Å². The third-order valence-corrected chi connectivity index (χ3v) is 7.80. The Morgan fingerprint density at radius 3 is 2.42 bits per heavy atom. The zero-order valence-electron chi connectivity index (χ0n) is 20.8. The molecule has 6 heteroatoms. The summed E-state index contributed by atoms with van der Waals surface area (Å²) in [6, 6.07) is 26.4. The van der Waals surface area contributed by atoms with Gasteiger partial charge in [-0.1, -0.05) is 97.8 Å². The Bertz CT molecular complexity index is 1290. The largest absolute Gasteiger partial charge is 0.297 e. The fourth-order valence-electron chi connectivity index (χ4n) is 5.88. The van der Waals surface area contributed by atoms with Crippen LogP contribution >= 0.6 is 0 Å². The predicted molar refractivity (Wildman–Crippen MR) is 145 cm³/mol. The summed E-state index contributed by atoms with van der Waals surface area (Å²) in [6.07, 6.45) is 9.37. The van der Waals surface area contributed by atoms with Crippen molar-refractivity contribution in [1.82, 2.24) is 30.0 Å². The molecule has 1 aliphatic carbocycles. The average molecular weight is 479 g/mol. The highest BCUT2D eigenvalue weighted by Crippen LogP contribution is 2.36. The second kappa shape index (κ2) is 10.7. The molecular formula is C30H34N6. The average Bonchev–Trinajstić information content (AvgIpc) is 3.63. The number of aromatic nitrogens is 4. The third kappa shape index (κ3) is 4.84. The highest BCUT2D eigenvalue weighted by Gasteiger charge is 2.33. The summed E-state index contributed by atoms with van der Waals surface area (Å²) < 4.78 is 2.15. The van der Waals surface area contributed by atoms with Gasteiger partial charge in [-0.2, -0.15) is 0 Å². The normalized spacial score (nSPS) is 18.9. The minimum absolute atomic E-state index is 0.0497. The molecule has 0 bridgehead atoms. The topological polar surface area (TPSA) is 50.1 Å². The van der Waals surface area contributed by atoms with Crippen molar-refractivity contribution in [3.05, 3.63) is 95.8 Å². The minimum Gasteiger partial charge on any atom is -0.297 e. The fraction of sp³-hybridized carbons (Fsp3) is 0.367. The van der Waals surface area contributed by atoms with E-state index in [1.807, 2.05) is 0 Å². The van der Waals surface area contributed by atoms with Crippen LogP contribution in [-0.4, -0.2) is 62.7 Å². The molecule has 1 unspecified atom stereocenters. The number of tetrazole rings is 1. The van der Waals surface area contributed by atoms with Crippen molar-refractivity contribution in [2.24, 2.45) is 0 Å². The van der Waals surface area contributed by atoms with Crippen molar-refractivity contribution in [3.63, 3.8) is 0 Å². The van der Waals surface area contributed by atoms with E-state index in [-0.39, 0.29) is 6.04 Å². The number of hydrogen-bond donors (Lipinski definition) is 0. The van der Waals surface area contributed by atoms with Crippen LogP contribution in [0.25, 0.3) is 16.8 Å². The van der Waals surface area contributed by atoms with Crippen LogP contribution in [0.2, 0.25) is 0 Å². The molecule has 2 aliphatic rings. The number of fused-ring (bicyclic) bond motifs is 1. The smallest absolute Gasteiger partial charge is 0.173 e. The Morgan fingerprint density at radius 1 is 0.833 bits per heavy atom. The van der Waals surface area contributed by atoms with E-state index in [4.69, 9.17) is 0 Å². The third-order valence-electron chi connectivity index (χ3n) is 7.80.